The fourth-order valence-electron chi connectivity index (χ4n) is 3.82. The normalized spacial score (nSPS) is 15.3. The first-order chi connectivity index (χ1) is 14.5. The lowest BCUT2D eigenvalue weighted by molar-refractivity contribution is 0.0803. The van der Waals surface area contributed by atoms with Gasteiger partial charge < -0.3 is 4.74 Å². The molecule has 2 heterocycles. The number of rotatable bonds is 6. The van der Waals surface area contributed by atoms with Crippen molar-refractivity contribution in [2.24, 2.45) is 5.92 Å². The van der Waals surface area contributed by atoms with Crippen LogP contribution in [-0.4, -0.2) is 45.6 Å². The number of hydrogen-bond acceptors (Lipinski definition) is 5. The van der Waals surface area contributed by atoms with Gasteiger partial charge in [0, 0.05) is 30.1 Å². The van der Waals surface area contributed by atoms with Crippen LogP contribution in [-0.2, 0) is 6.67 Å². The van der Waals surface area contributed by atoms with Crippen LogP contribution in [0.4, 0.5) is 0 Å². The van der Waals surface area contributed by atoms with Gasteiger partial charge in [-0.05, 0) is 56.2 Å². The van der Waals surface area contributed by atoms with E-state index in [2.05, 4.69) is 34.0 Å². The lowest BCUT2D eigenvalue weighted by atomic mass is 9.89. The van der Waals surface area contributed by atoms with Crippen molar-refractivity contribution in [3.63, 3.8) is 0 Å². The van der Waals surface area contributed by atoms with Crippen molar-refractivity contribution < 1.29 is 9.53 Å². The third kappa shape index (κ3) is 4.52. The van der Waals surface area contributed by atoms with Gasteiger partial charge in [-0.3, -0.25) is 14.8 Å². The number of piperidine rings is 1. The molecule has 156 valence electrons. The van der Waals surface area contributed by atoms with Crippen LogP contribution >= 0.6 is 12.2 Å². The predicted octanol–water partition coefficient (Wildman–Crippen LogP) is 4.48. The fourth-order valence-corrected chi connectivity index (χ4v) is 4.02. The Balaban J connectivity index is 1.36. The maximum Gasteiger partial charge on any atom is 0.217 e. The molecule has 0 saturated carbocycles. The number of carbonyl (C=O) groups excluding carboxylic acids is 1. The molecule has 0 unspecified atom stereocenters. The van der Waals surface area contributed by atoms with Crippen molar-refractivity contribution in [1.29, 1.82) is 0 Å². The lowest BCUT2D eigenvalue weighted by Gasteiger charge is -2.31. The number of ketones is 1. The number of aryl methyl sites for hydroxylation is 1. The highest BCUT2D eigenvalue weighted by Crippen LogP contribution is 2.24. The Morgan fingerprint density at radius 1 is 1.13 bits per heavy atom. The van der Waals surface area contributed by atoms with Gasteiger partial charge in [-0.25, -0.2) is 4.68 Å². The molecule has 4 rings (SSSR count). The number of carbonyl (C=O) groups is 1. The van der Waals surface area contributed by atoms with Crippen LogP contribution in [0.1, 0.15) is 28.8 Å². The molecule has 30 heavy (non-hydrogen) atoms. The molecule has 0 spiro atoms. The fraction of sp³-hybridized carbons (Fsp3) is 0.348. The summed E-state index contributed by atoms with van der Waals surface area (Å²) in [6.07, 6.45) is 1.69. The van der Waals surface area contributed by atoms with Gasteiger partial charge in [0.05, 0.1) is 13.8 Å². The number of aromatic nitrogens is 3. The zero-order valence-electron chi connectivity index (χ0n) is 17.3. The summed E-state index contributed by atoms with van der Waals surface area (Å²) in [6.45, 7) is 4.43. The van der Waals surface area contributed by atoms with E-state index < -0.39 is 0 Å². The van der Waals surface area contributed by atoms with Crippen LogP contribution in [0.3, 0.4) is 0 Å². The van der Waals surface area contributed by atoms with E-state index in [1.807, 2.05) is 41.1 Å². The molecule has 7 heteroatoms. The van der Waals surface area contributed by atoms with Crippen molar-refractivity contribution >= 4 is 18.0 Å². The third-order valence-corrected chi connectivity index (χ3v) is 5.99. The van der Waals surface area contributed by atoms with Gasteiger partial charge in [0.1, 0.15) is 5.75 Å². The van der Waals surface area contributed by atoms with E-state index in [1.165, 1.54) is 5.56 Å². The van der Waals surface area contributed by atoms with Crippen molar-refractivity contribution in [3.05, 3.63) is 64.4 Å². The van der Waals surface area contributed by atoms with E-state index in [-0.39, 0.29) is 11.7 Å². The number of Topliss-reactive ketones (excluding diaryl/α,β-unsaturated/α-hetero) is 1. The quantitative estimate of drug-likeness (QED) is 0.469. The average molecular weight is 423 g/mol. The first-order valence-electron chi connectivity index (χ1n) is 10.2. The summed E-state index contributed by atoms with van der Waals surface area (Å²) in [7, 11) is 1.63. The van der Waals surface area contributed by atoms with Crippen LogP contribution in [0.5, 0.6) is 5.75 Å². The highest BCUT2D eigenvalue weighted by Gasteiger charge is 2.26. The second-order valence-corrected chi connectivity index (χ2v) is 8.14. The van der Waals surface area contributed by atoms with Gasteiger partial charge in [-0.2, -0.15) is 4.98 Å². The largest absolute Gasteiger partial charge is 0.497 e. The van der Waals surface area contributed by atoms with Gasteiger partial charge in [-0.1, -0.05) is 29.8 Å². The Morgan fingerprint density at radius 3 is 2.43 bits per heavy atom. The van der Waals surface area contributed by atoms with Crippen LogP contribution < -0.4 is 4.74 Å². The maximum atomic E-state index is 12.8. The molecule has 1 fully saturated rings. The molecule has 1 aliphatic rings. The molecule has 1 aliphatic heterocycles. The first kappa shape index (κ1) is 20.5. The molecule has 2 aromatic carbocycles. The number of likely N-dealkylation sites (tertiary alicyclic amines) is 1. The Morgan fingerprint density at radius 2 is 1.80 bits per heavy atom. The van der Waals surface area contributed by atoms with Gasteiger partial charge in [-0.15, -0.1) is 0 Å². The summed E-state index contributed by atoms with van der Waals surface area (Å²) >= 11 is 5.45. The maximum absolute atomic E-state index is 12.8. The smallest absolute Gasteiger partial charge is 0.217 e. The molecule has 0 atom stereocenters. The van der Waals surface area contributed by atoms with E-state index in [9.17, 15) is 4.79 Å². The molecule has 6 nitrogen and oxygen atoms in total. The minimum atomic E-state index is 0.0625. The SMILES string of the molecule is COc1ccc(C(=O)C2CCN(Cn3[nH]c(-c4ccc(C)cc4)nc3=S)CC2)cc1. The van der Waals surface area contributed by atoms with Crippen molar-refractivity contribution in [3.8, 4) is 17.1 Å². The minimum Gasteiger partial charge on any atom is -0.497 e. The third-order valence-electron chi connectivity index (χ3n) is 5.68. The number of hydrogen-bond donors (Lipinski definition) is 1. The summed E-state index contributed by atoms with van der Waals surface area (Å²) in [5.74, 6) is 1.83. The van der Waals surface area contributed by atoms with E-state index in [0.29, 0.717) is 11.4 Å². The predicted molar refractivity (Wildman–Crippen MR) is 119 cm³/mol. The van der Waals surface area contributed by atoms with Crippen molar-refractivity contribution in [2.45, 2.75) is 26.4 Å². The van der Waals surface area contributed by atoms with Gasteiger partial charge in [0.2, 0.25) is 4.77 Å². The minimum absolute atomic E-state index is 0.0625. The Bertz CT molecular complexity index is 1060. The number of aromatic amines is 1. The van der Waals surface area contributed by atoms with Crippen LogP contribution in [0.2, 0.25) is 0 Å². The molecule has 0 radical (unpaired) electrons. The standard InChI is InChI=1S/C23H26N4O2S/c1-16-3-5-19(6-4-16)22-24-23(30)27(25-22)15-26-13-11-18(12-14-26)21(28)17-7-9-20(29-2)10-8-17/h3-10,18H,11-15H2,1-2H3,(H,24,25,30). The molecule has 0 amide bonds. The van der Waals surface area contributed by atoms with E-state index >= 15 is 0 Å². The number of ether oxygens (including phenoxy) is 1. The molecule has 1 N–H and O–H groups in total. The molecule has 1 aromatic heterocycles. The summed E-state index contributed by atoms with van der Waals surface area (Å²) in [5, 5.41) is 3.32. The van der Waals surface area contributed by atoms with Crippen LogP contribution in [0.25, 0.3) is 11.4 Å². The molecular weight excluding hydrogens is 396 g/mol. The summed E-state index contributed by atoms with van der Waals surface area (Å²) < 4.78 is 7.62. The summed E-state index contributed by atoms with van der Waals surface area (Å²) in [6, 6.07) is 15.6. The molecule has 0 aliphatic carbocycles. The zero-order valence-corrected chi connectivity index (χ0v) is 18.1. The Hall–Kier alpha value is -2.77. The lowest BCUT2D eigenvalue weighted by Crippen LogP contribution is -2.37. The first-order valence-corrected chi connectivity index (χ1v) is 10.6. The van der Waals surface area contributed by atoms with Crippen molar-refractivity contribution in [2.75, 3.05) is 20.2 Å². The number of nitrogens with one attached hydrogen (secondary N) is 1. The van der Waals surface area contributed by atoms with Crippen molar-refractivity contribution in [1.82, 2.24) is 19.7 Å². The molecule has 0 bridgehead atoms. The highest BCUT2D eigenvalue weighted by molar-refractivity contribution is 7.71. The van der Waals surface area contributed by atoms with Gasteiger partial charge >= 0.3 is 0 Å². The van der Waals surface area contributed by atoms with E-state index in [4.69, 9.17) is 17.0 Å². The topological polar surface area (TPSA) is 63.1 Å². The molecule has 1 saturated heterocycles. The van der Waals surface area contributed by atoms with Crippen LogP contribution in [0, 0.1) is 17.6 Å². The monoisotopic (exact) mass is 422 g/mol. The Labute approximate surface area is 181 Å². The highest BCUT2D eigenvalue weighted by atomic mass is 32.1. The second kappa shape index (κ2) is 8.93. The van der Waals surface area contributed by atoms with Gasteiger partial charge in [0.15, 0.2) is 11.6 Å². The van der Waals surface area contributed by atoms with E-state index in [1.54, 1.807) is 7.11 Å². The summed E-state index contributed by atoms with van der Waals surface area (Å²) in [5.41, 5.74) is 2.99. The zero-order chi connectivity index (χ0) is 21.1. The number of benzene rings is 2. The number of methoxy groups -OCH3 is 1. The van der Waals surface area contributed by atoms with Crippen LogP contribution in [0.15, 0.2) is 48.5 Å². The molecule has 3 aromatic rings. The average Bonchev–Trinajstić information content (AvgIpc) is 3.14. The summed E-state index contributed by atoms with van der Waals surface area (Å²) in [4.78, 5) is 19.6. The Kier molecular flexibility index (Phi) is 6.11. The second-order valence-electron chi connectivity index (χ2n) is 7.78. The number of H-pyrrole nitrogens is 1. The molecular formula is C23H26N4O2S. The number of nitrogens with zero attached hydrogens (tertiary/aromatic N) is 3. The van der Waals surface area contributed by atoms with E-state index in [0.717, 1.165) is 48.6 Å². The van der Waals surface area contributed by atoms with Gasteiger partial charge in [0.25, 0.3) is 0 Å².